The number of carbonyl (C=O) groups is 1. The van der Waals surface area contributed by atoms with Crippen molar-refractivity contribution < 1.29 is 14.3 Å². The molecule has 0 radical (unpaired) electrons. The van der Waals surface area contributed by atoms with E-state index in [1.165, 1.54) is 12.3 Å². The summed E-state index contributed by atoms with van der Waals surface area (Å²) < 4.78 is 11.4. The van der Waals surface area contributed by atoms with Gasteiger partial charge in [-0.2, -0.15) is 0 Å². The Hall–Kier alpha value is -2.13. The van der Waals surface area contributed by atoms with Gasteiger partial charge in [0.1, 0.15) is 18.5 Å². The predicted molar refractivity (Wildman–Crippen MR) is 104 cm³/mol. The molecule has 0 saturated carbocycles. The van der Waals surface area contributed by atoms with Gasteiger partial charge in [-0.25, -0.2) is 9.78 Å². The molecule has 2 aromatic rings. The summed E-state index contributed by atoms with van der Waals surface area (Å²) in [5.41, 5.74) is 1.13. The highest BCUT2D eigenvalue weighted by atomic mass is 35.5. The zero-order valence-electron chi connectivity index (χ0n) is 14.6. The van der Waals surface area contributed by atoms with Crippen molar-refractivity contribution in [2.24, 2.45) is 0 Å². The van der Waals surface area contributed by atoms with Crippen LogP contribution in [0, 0.1) is 6.92 Å². The lowest BCUT2D eigenvalue weighted by molar-refractivity contribution is 0.000353. The van der Waals surface area contributed by atoms with Crippen molar-refractivity contribution in [3.05, 3.63) is 40.3 Å². The molecule has 0 aliphatic carbocycles. The second-order valence-corrected chi connectivity index (χ2v) is 6.71. The van der Waals surface area contributed by atoms with Crippen molar-refractivity contribution in [1.82, 2.24) is 15.3 Å². The number of nitrogens with zero attached hydrogens (tertiary/aromatic N) is 2. The Kier molecular flexibility index (Phi) is 6.68. The maximum absolute atomic E-state index is 12.3. The molecular formula is C17H19Cl2N5O3. The third-order valence-electron chi connectivity index (χ3n) is 3.72. The van der Waals surface area contributed by atoms with Crippen molar-refractivity contribution in [1.29, 1.82) is 0 Å². The third-order valence-corrected chi connectivity index (χ3v) is 4.44. The molecule has 1 aromatic heterocycles. The number of amides is 2. The first-order valence-corrected chi connectivity index (χ1v) is 9.07. The molecule has 10 heteroatoms. The summed E-state index contributed by atoms with van der Waals surface area (Å²) in [6.45, 7) is 4.25. The molecule has 8 nitrogen and oxygen atoms in total. The van der Waals surface area contributed by atoms with E-state index in [1.54, 1.807) is 12.3 Å². The molecule has 1 fully saturated rings. The third kappa shape index (κ3) is 5.67. The van der Waals surface area contributed by atoms with E-state index in [-0.39, 0.29) is 6.10 Å². The fourth-order valence-corrected chi connectivity index (χ4v) is 2.70. The monoisotopic (exact) mass is 411 g/mol. The first kappa shape index (κ1) is 19.6. The highest BCUT2D eigenvalue weighted by Crippen LogP contribution is 2.34. The zero-order chi connectivity index (χ0) is 19.2. The number of rotatable bonds is 5. The number of carbonyl (C=O) groups excluding carboxylic acids is 1. The number of hydrogen-bond donors (Lipinski definition) is 3. The zero-order valence-corrected chi connectivity index (χ0v) is 16.1. The highest BCUT2D eigenvalue weighted by Gasteiger charge is 2.17. The number of nitrogens with one attached hydrogen (secondary N) is 3. The van der Waals surface area contributed by atoms with E-state index in [9.17, 15) is 4.79 Å². The standard InChI is InChI=1S/C17H19Cl2N5O3/c1-10-6-22-16(8-21-10)24-17(25)23-14-4-12(18)13(19)5-15(14)27-9-11-7-20-2-3-26-11/h4-6,8,11,20H,2-3,7,9H2,1H3,(H2,22,23,24,25)/t11-/m1/s1. The maximum atomic E-state index is 12.3. The van der Waals surface area contributed by atoms with Crippen LogP contribution in [0.4, 0.5) is 16.3 Å². The molecule has 27 heavy (non-hydrogen) atoms. The second kappa shape index (κ2) is 9.18. The van der Waals surface area contributed by atoms with Gasteiger partial charge in [0, 0.05) is 19.2 Å². The molecule has 0 unspecified atom stereocenters. The second-order valence-electron chi connectivity index (χ2n) is 5.89. The Balaban J connectivity index is 1.67. The van der Waals surface area contributed by atoms with Gasteiger partial charge in [-0.1, -0.05) is 23.2 Å². The molecular weight excluding hydrogens is 393 g/mol. The van der Waals surface area contributed by atoms with Crippen LogP contribution >= 0.6 is 23.2 Å². The smallest absolute Gasteiger partial charge is 0.325 e. The lowest BCUT2D eigenvalue weighted by Gasteiger charge is -2.24. The van der Waals surface area contributed by atoms with Crippen molar-refractivity contribution in [2.45, 2.75) is 13.0 Å². The lowest BCUT2D eigenvalue weighted by atomic mass is 10.2. The minimum Gasteiger partial charge on any atom is -0.489 e. The SMILES string of the molecule is Cc1cnc(NC(=O)Nc2cc(Cl)c(Cl)cc2OC[C@H]2CNCCO2)cn1. The number of hydrogen-bond acceptors (Lipinski definition) is 6. The molecule has 1 aliphatic rings. The number of aryl methyl sites for hydroxylation is 1. The molecule has 2 amide bonds. The number of aromatic nitrogens is 2. The van der Waals surface area contributed by atoms with Gasteiger partial charge in [-0.3, -0.25) is 10.3 Å². The Morgan fingerprint density at radius 1 is 1.30 bits per heavy atom. The molecule has 3 rings (SSSR count). The van der Waals surface area contributed by atoms with Crippen LogP contribution in [0.2, 0.25) is 10.0 Å². The first-order valence-electron chi connectivity index (χ1n) is 8.32. The maximum Gasteiger partial charge on any atom is 0.325 e. The summed E-state index contributed by atoms with van der Waals surface area (Å²) >= 11 is 12.2. The summed E-state index contributed by atoms with van der Waals surface area (Å²) in [7, 11) is 0. The van der Waals surface area contributed by atoms with Crippen LogP contribution in [0.1, 0.15) is 5.69 Å². The van der Waals surface area contributed by atoms with E-state index in [0.717, 1.165) is 12.2 Å². The average Bonchev–Trinajstić information content (AvgIpc) is 2.66. The molecule has 1 aliphatic heterocycles. The van der Waals surface area contributed by atoms with Gasteiger partial charge < -0.3 is 20.1 Å². The molecule has 2 heterocycles. The Morgan fingerprint density at radius 2 is 2.11 bits per heavy atom. The predicted octanol–water partition coefficient (Wildman–Crippen LogP) is 3.10. The van der Waals surface area contributed by atoms with Gasteiger partial charge in [0.15, 0.2) is 5.82 Å². The summed E-state index contributed by atoms with van der Waals surface area (Å²) in [5, 5.41) is 9.13. The van der Waals surface area contributed by atoms with Crippen LogP contribution in [0.15, 0.2) is 24.5 Å². The van der Waals surface area contributed by atoms with Gasteiger partial charge >= 0.3 is 6.03 Å². The van der Waals surface area contributed by atoms with Gasteiger partial charge in [0.25, 0.3) is 0 Å². The first-order chi connectivity index (χ1) is 13.0. The van der Waals surface area contributed by atoms with Crippen LogP contribution in [-0.4, -0.2) is 48.4 Å². The van der Waals surface area contributed by atoms with Crippen molar-refractivity contribution in [3.63, 3.8) is 0 Å². The van der Waals surface area contributed by atoms with Gasteiger partial charge in [0.05, 0.1) is 40.4 Å². The highest BCUT2D eigenvalue weighted by molar-refractivity contribution is 6.42. The topological polar surface area (TPSA) is 97.4 Å². The number of anilines is 2. The molecule has 3 N–H and O–H groups in total. The summed E-state index contributed by atoms with van der Waals surface area (Å²) in [4.78, 5) is 20.4. The number of urea groups is 1. The van der Waals surface area contributed by atoms with Gasteiger partial charge in [-0.15, -0.1) is 0 Å². The quantitative estimate of drug-likeness (QED) is 0.699. The normalized spacial score (nSPS) is 16.6. The Labute approximate surface area is 166 Å². The van der Waals surface area contributed by atoms with E-state index >= 15 is 0 Å². The Morgan fingerprint density at radius 3 is 2.81 bits per heavy atom. The molecule has 0 bridgehead atoms. The van der Waals surface area contributed by atoms with Gasteiger partial charge in [0.2, 0.25) is 0 Å². The number of morpholine rings is 1. The summed E-state index contributed by atoms with van der Waals surface area (Å²) in [5.74, 6) is 0.714. The average molecular weight is 412 g/mol. The minimum atomic E-state index is -0.507. The fraction of sp³-hybridized carbons (Fsp3) is 0.353. The van der Waals surface area contributed by atoms with E-state index in [1.807, 2.05) is 6.92 Å². The van der Waals surface area contributed by atoms with Crippen LogP contribution in [0.3, 0.4) is 0 Å². The van der Waals surface area contributed by atoms with E-state index in [4.69, 9.17) is 32.7 Å². The van der Waals surface area contributed by atoms with Crippen LogP contribution in [0.25, 0.3) is 0 Å². The van der Waals surface area contributed by atoms with Crippen molar-refractivity contribution in [3.8, 4) is 5.75 Å². The number of halogens is 2. The van der Waals surface area contributed by atoms with Crippen LogP contribution < -0.4 is 20.7 Å². The number of ether oxygens (including phenoxy) is 2. The Bertz CT molecular complexity index is 798. The molecule has 1 saturated heterocycles. The summed E-state index contributed by atoms with van der Waals surface area (Å²) in [6, 6.07) is 2.58. The summed E-state index contributed by atoms with van der Waals surface area (Å²) in [6.07, 6.45) is 2.94. The largest absolute Gasteiger partial charge is 0.489 e. The number of benzene rings is 1. The molecule has 144 valence electrons. The minimum absolute atomic E-state index is 0.0855. The molecule has 1 aromatic carbocycles. The van der Waals surface area contributed by atoms with E-state index < -0.39 is 6.03 Å². The van der Waals surface area contributed by atoms with E-state index in [2.05, 4.69) is 25.9 Å². The van der Waals surface area contributed by atoms with E-state index in [0.29, 0.717) is 47.1 Å². The van der Waals surface area contributed by atoms with Crippen LogP contribution in [-0.2, 0) is 4.74 Å². The van der Waals surface area contributed by atoms with Crippen molar-refractivity contribution in [2.75, 3.05) is 36.9 Å². The molecule has 0 spiro atoms. The van der Waals surface area contributed by atoms with Gasteiger partial charge in [-0.05, 0) is 13.0 Å². The fourth-order valence-electron chi connectivity index (χ4n) is 2.38. The van der Waals surface area contributed by atoms with Crippen LogP contribution in [0.5, 0.6) is 5.75 Å². The lowest BCUT2D eigenvalue weighted by Crippen LogP contribution is -2.41. The molecule has 1 atom stereocenters. The van der Waals surface area contributed by atoms with Crippen molar-refractivity contribution >= 4 is 40.7 Å².